The molecular formula is C11H19N3O. The number of nitrogens with one attached hydrogen (secondary N) is 2. The largest absolute Gasteiger partial charge is 0.367 e. The molecule has 0 aliphatic rings. The third-order valence-corrected chi connectivity index (χ3v) is 2.19. The first-order valence-electron chi connectivity index (χ1n) is 5.24. The number of carbonyl (C=O) groups is 1. The van der Waals surface area contributed by atoms with E-state index >= 15 is 0 Å². The van der Waals surface area contributed by atoms with E-state index in [4.69, 9.17) is 5.73 Å². The van der Waals surface area contributed by atoms with Crippen molar-refractivity contribution < 1.29 is 4.79 Å². The van der Waals surface area contributed by atoms with Crippen LogP contribution in [0, 0.1) is 5.92 Å². The lowest BCUT2D eigenvalue weighted by molar-refractivity contribution is -0.122. The van der Waals surface area contributed by atoms with Gasteiger partial charge >= 0.3 is 0 Å². The highest BCUT2D eigenvalue weighted by Gasteiger charge is 2.14. The van der Waals surface area contributed by atoms with Crippen LogP contribution < -0.4 is 11.1 Å². The minimum Gasteiger partial charge on any atom is -0.367 e. The van der Waals surface area contributed by atoms with Gasteiger partial charge in [0.05, 0.1) is 6.04 Å². The predicted octanol–water partition coefficient (Wildman–Crippen LogP) is 1.00. The summed E-state index contributed by atoms with van der Waals surface area (Å²) >= 11 is 0. The van der Waals surface area contributed by atoms with Crippen LogP contribution in [0.15, 0.2) is 18.5 Å². The van der Waals surface area contributed by atoms with Gasteiger partial charge in [-0.15, -0.1) is 0 Å². The van der Waals surface area contributed by atoms with Gasteiger partial charge in [0, 0.05) is 18.9 Å². The lowest BCUT2D eigenvalue weighted by Gasteiger charge is -2.13. The summed E-state index contributed by atoms with van der Waals surface area (Å²) in [6.07, 6.45) is 4.41. The summed E-state index contributed by atoms with van der Waals surface area (Å²) in [7, 11) is 0. The number of hydrogen-bond acceptors (Lipinski definition) is 2. The van der Waals surface area contributed by atoms with Crippen molar-refractivity contribution in [2.75, 3.05) is 0 Å². The average Bonchev–Trinajstić information content (AvgIpc) is 2.65. The van der Waals surface area contributed by atoms with Crippen LogP contribution in [0.2, 0.25) is 0 Å². The average molecular weight is 209 g/mol. The Morgan fingerprint density at radius 3 is 2.87 bits per heavy atom. The van der Waals surface area contributed by atoms with Gasteiger partial charge < -0.3 is 16.0 Å². The maximum absolute atomic E-state index is 11.5. The van der Waals surface area contributed by atoms with Crippen molar-refractivity contribution in [3.63, 3.8) is 0 Å². The van der Waals surface area contributed by atoms with Crippen LogP contribution in [-0.2, 0) is 11.3 Å². The molecule has 1 heterocycles. The van der Waals surface area contributed by atoms with Crippen LogP contribution in [0.1, 0.15) is 25.8 Å². The molecule has 0 saturated carbocycles. The SMILES string of the molecule is CC(C)CC(N)C(=O)NCc1cc[nH]c1. The Labute approximate surface area is 90.2 Å². The highest BCUT2D eigenvalue weighted by atomic mass is 16.2. The first-order chi connectivity index (χ1) is 7.09. The lowest BCUT2D eigenvalue weighted by atomic mass is 10.0. The maximum atomic E-state index is 11.5. The minimum absolute atomic E-state index is 0.0788. The zero-order chi connectivity index (χ0) is 11.3. The van der Waals surface area contributed by atoms with Crippen molar-refractivity contribution >= 4 is 5.91 Å². The Morgan fingerprint density at radius 2 is 2.33 bits per heavy atom. The molecule has 4 heteroatoms. The summed E-state index contributed by atoms with van der Waals surface area (Å²) in [4.78, 5) is 14.5. The van der Waals surface area contributed by atoms with Crippen LogP contribution in [0.4, 0.5) is 0 Å². The third kappa shape index (κ3) is 4.16. The van der Waals surface area contributed by atoms with Gasteiger partial charge in [0.25, 0.3) is 0 Å². The first-order valence-corrected chi connectivity index (χ1v) is 5.24. The summed E-state index contributed by atoms with van der Waals surface area (Å²) in [5.74, 6) is 0.364. The van der Waals surface area contributed by atoms with Gasteiger partial charge in [-0.05, 0) is 24.0 Å². The second kappa shape index (κ2) is 5.56. The summed E-state index contributed by atoms with van der Waals surface area (Å²) in [5.41, 5.74) is 6.79. The highest BCUT2D eigenvalue weighted by molar-refractivity contribution is 5.81. The molecule has 0 fully saturated rings. The van der Waals surface area contributed by atoms with Gasteiger partial charge in [-0.3, -0.25) is 4.79 Å². The standard InChI is InChI=1S/C11H19N3O/c1-8(2)5-10(12)11(15)14-7-9-3-4-13-6-9/h3-4,6,8,10,13H,5,7,12H2,1-2H3,(H,14,15). The van der Waals surface area contributed by atoms with Gasteiger partial charge in [0.15, 0.2) is 0 Å². The second-order valence-corrected chi connectivity index (χ2v) is 4.17. The van der Waals surface area contributed by atoms with E-state index in [2.05, 4.69) is 24.1 Å². The second-order valence-electron chi connectivity index (χ2n) is 4.17. The molecule has 1 aromatic heterocycles. The minimum atomic E-state index is -0.399. The molecule has 1 amide bonds. The molecule has 0 bridgehead atoms. The van der Waals surface area contributed by atoms with Crippen LogP contribution in [0.5, 0.6) is 0 Å². The first kappa shape index (κ1) is 11.8. The van der Waals surface area contributed by atoms with E-state index in [0.717, 1.165) is 12.0 Å². The van der Waals surface area contributed by atoms with E-state index in [1.807, 2.05) is 18.5 Å². The van der Waals surface area contributed by atoms with Crippen LogP contribution in [0.3, 0.4) is 0 Å². The number of carbonyl (C=O) groups excluding carboxylic acids is 1. The molecule has 1 rings (SSSR count). The molecule has 0 spiro atoms. The lowest BCUT2D eigenvalue weighted by Crippen LogP contribution is -2.40. The fourth-order valence-electron chi connectivity index (χ4n) is 1.40. The number of amides is 1. The molecule has 84 valence electrons. The number of hydrogen-bond donors (Lipinski definition) is 3. The predicted molar refractivity (Wildman–Crippen MR) is 60.1 cm³/mol. The maximum Gasteiger partial charge on any atom is 0.237 e. The smallest absolute Gasteiger partial charge is 0.237 e. The highest BCUT2D eigenvalue weighted by Crippen LogP contribution is 2.03. The fraction of sp³-hybridized carbons (Fsp3) is 0.545. The molecule has 15 heavy (non-hydrogen) atoms. The molecule has 4 N–H and O–H groups in total. The summed E-state index contributed by atoms with van der Waals surface area (Å²) in [5, 5.41) is 2.81. The fourth-order valence-corrected chi connectivity index (χ4v) is 1.40. The van der Waals surface area contributed by atoms with Crippen LogP contribution >= 0.6 is 0 Å². The molecule has 1 atom stereocenters. The van der Waals surface area contributed by atoms with Crippen molar-refractivity contribution in [1.82, 2.24) is 10.3 Å². The zero-order valence-corrected chi connectivity index (χ0v) is 9.29. The Morgan fingerprint density at radius 1 is 1.60 bits per heavy atom. The van der Waals surface area contributed by atoms with Crippen molar-refractivity contribution in [1.29, 1.82) is 0 Å². The summed E-state index contributed by atoms with van der Waals surface area (Å²) < 4.78 is 0. The van der Waals surface area contributed by atoms with Crippen molar-refractivity contribution in [2.24, 2.45) is 11.7 Å². The van der Waals surface area contributed by atoms with E-state index in [-0.39, 0.29) is 5.91 Å². The molecule has 0 radical (unpaired) electrons. The van der Waals surface area contributed by atoms with Crippen LogP contribution in [-0.4, -0.2) is 16.9 Å². The number of rotatable bonds is 5. The van der Waals surface area contributed by atoms with E-state index in [1.54, 1.807) is 0 Å². The van der Waals surface area contributed by atoms with Gasteiger partial charge in [0.2, 0.25) is 5.91 Å². The number of nitrogens with two attached hydrogens (primary N) is 1. The Kier molecular flexibility index (Phi) is 4.37. The molecule has 4 nitrogen and oxygen atoms in total. The van der Waals surface area contributed by atoms with Crippen molar-refractivity contribution in [2.45, 2.75) is 32.9 Å². The Hall–Kier alpha value is -1.29. The van der Waals surface area contributed by atoms with E-state index in [0.29, 0.717) is 12.5 Å². The van der Waals surface area contributed by atoms with Gasteiger partial charge in [-0.2, -0.15) is 0 Å². The topological polar surface area (TPSA) is 70.9 Å². The monoisotopic (exact) mass is 209 g/mol. The van der Waals surface area contributed by atoms with Gasteiger partial charge in [-0.1, -0.05) is 13.8 Å². The van der Waals surface area contributed by atoms with Crippen molar-refractivity contribution in [3.8, 4) is 0 Å². The normalized spacial score (nSPS) is 12.8. The van der Waals surface area contributed by atoms with E-state index in [9.17, 15) is 4.79 Å². The van der Waals surface area contributed by atoms with Crippen LogP contribution in [0.25, 0.3) is 0 Å². The molecule has 1 unspecified atom stereocenters. The van der Waals surface area contributed by atoms with E-state index < -0.39 is 6.04 Å². The third-order valence-electron chi connectivity index (χ3n) is 2.19. The Balaban J connectivity index is 2.29. The van der Waals surface area contributed by atoms with E-state index in [1.165, 1.54) is 0 Å². The molecular weight excluding hydrogens is 190 g/mol. The summed E-state index contributed by atoms with van der Waals surface area (Å²) in [6, 6.07) is 1.53. The quantitative estimate of drug-likeness (QED) is 0.677. The van der Waals surface area contributed by atoms with Gasteiger partial charge in [0.1, 0.15) is 0 Å². The number of aromatic nitrogens is 1. The molecule has 0 saturated heterocycles. The number of aromatic amines is 1. The zero-order valence-electron chi connectivity index (χ0n) is 9.29. The van der Waals surface area contributed by atoms with Crippen molar-refractivity contribution in [3.05, 3.63) is 24.0 Å². The Bertz CT molecular complexity index is 293. The molecule has 0 aromatic carbocycles. The number of H-pyrrole nitrogens is 1. The molecule has 0 aliphatic heterocycles. The molecule has 1 aromatic rings. The molecule has 0 aliphatic carbocycles. The summed E-state index contributed by atoms with van der Waals surface area (Å²) in [6.45, 7) is 4.65. The van der Waals surface area contributed by atoms with Gasteiger partial charge in [-0.25, -0.2) is 0 Å².